The lowest BCUT2D eigenvalue weighted by Crippen LogP contribution is -2.39. The van der Waals surface area contributed by atoms with Crippen molar-refractivity contribution >= 4 is 28.1 Å². The van der Waals surface area contributed by atoms with Gasteiger partial charge in [-0.2, -0.15) is 0 Å². The molecule has 3 aromatic rings. The molecule has 136 valence electrons. The Bertz CT molecular complexity index is 922. The van der Waals surface area contributed by atoms with E-state index in [9.17, 15) is 4.79 Å². The summed E-state index contributed by atoms with van der Waals surface area (Å²) < 4.78 is 2.16. The lowest BCUT2D eigenvalue weighted by Gasteiger charge is -2.25. The van der Waals surface area contributed by atoms with Gasteiger partial charge in [0.05, 0.1) is 11.5 Å². The fourth-order valence-electron chi connectivity index (χ4n) is 3.83. The third-order valence-electron chi connectivity index (χ3n) is 5.54. The molecule has 1 atom stereocenters. The Hall–Kier alpha value is -2.11. The van der Waals surface area contributed by atoms with Crippen molar-refractivity contribution in [2.75, 3.05) is 20.6 Å². The number of para-hydroxylation sites is 1. The number of aromatic nitrogens is 1. The van der Waals surface area contributed by atoms with Gasteiger partial charge in [-0.1, -0.05) is 24.3 Å². The molecule has 0 aliphatic heterocycles. The number of hydrogen-bond acceptors (Lipinski definition) is 3. The second-order valence-corrected chi connectivity index (χ2v) is 8.41. The van der Waals surface area contributed by atoms with Crippen LogP contribution in [-0.2, 0) is 17.3 Å². The number of aryl methyl sites for hydroxylation is 1. The van der Waals surface area contributed by atoms with Crippen LogP contribution < -0.4 is 5.32 Å². The van der Waals surface area contributed by atoms with Crippen molar-refractivity contribution < 1.29 is 4.79 Å². The van der Waals surface area contributed by atoms with Crippen molar-refractivity contribution in [1.29, 1.82) is 0 Å². The van der Waals surface area contributed by atoms with Gasteiger partial charge in [0, 0.05) is 35.6 Å². The second-order valence-electron chi connectivity index (χ2n) is 7.46. The average Bonchev–Trinajstić information content (AvgIpc) is 3.12. The van der Waals surface area contributed by atoms with Crippen LogP contribution in [0.5, 0.6) is 0 Å². The van der Waals surface area contributed by atoms with Crippen LogP contribution in [0.1, 0.15) is 29.3 Å². The first-order valence-electron chi connectivity index (χ1n) is 9.05. The highest BCUT2D eigenvalue weighted by Crippen LogP contribution is 2.50. The summed E-state index contributed by atoms with van der Waals surface area (Å²) in [5, 5.41) is 6.55. The van der Waals surface area contributed by atoms with E-state index in [1.165, 1.54) is 21.3 Å². The van der Waals surface area contributed by atoms with Gasteiger partial charge in [0.15, 0.2) is 0 Å². The number of amides is 1. The van der Waals surface area contributed by atoms with Gasteiger partial charge in [0.25, 0.3) is 0 Å². The van der Waals surface area contributed by atoms with Gasteiger partial charge in [0.2, 0.25) is 5.91 Å². The molecule has 0 radical (unpaired) electrons. The SMILES string of the molecule is CN(C)C(CNC(=O)C1(c2cccs2)CC1)c1cn(C)c2ccccc12. The molecule has 0 spiro atoms. The molecule has 1 aliphatic rings. The summed E-state index contributed by atoms with van der Waals surface area (Å²) >= 11 is 1.69. The zero-order valence-corrected chi connectivity index (χ0v) is 16.3. The number of nitrogens with zero attached hydrogens (tertiary/aromatic N) is 2. The summed E-state index contributed by atoms with van der Waals surface area (Å²) in [7, 11) is 6.22. The molecule has 4 nitrogen and oxygen atoms in total. The predicted molar refractivity (Wildman–Crippen MR) is 108 cm³/mol. The first kappa shape index (κ1) is 17.3. The fraction of sp³-hybridized carbons (Fsp3) is 0.381. The molecule has 1 fully saturated rings. The summed E-state index contributed by atoms with van der Waals surface area (Å²) in [4.78, 5) is 16.3. The minimum atomic E-state index is -0.274. The molecular formula is C21H25N3OS. The topological polar surface area (TPSA) is 37.3 Å². The summed E-state index contributed by atoms with van der Waals surface area (Å²) in [5.74, 6) is 0.173. The number of thiophene rings is 1. The van der Waals surface area contributed by atoms with E-state index >= 15 is 0 Å². The molecule has 1 N–H and O–H groups in total. The van der Waals surface area contributed by atoms with Crippen LogP contribution in [0.3, 0.4) is 0 Å². The molecule has 2 heterocycles. The van der Waals surface area contributed by atoms with Gasteiger partial charge in [0.1, 0.15) is 0 Å². The van der Waals surface area contributed by atoms with Crippen molar-refractivity contribution in [3.8, 4) is 0 Å². The Kier molecular flexibility index (Phi) is 4.37. The minimum Gasteiger partial charge on any atom is -0.353 e. The molecule has 1 aliphatic carbocycles. The van der Waals surface area contributed by atoms with Gasteiger partial charge in [-0.25, -0.2) is 0 Å². The largest absolute Gasteiger partial charge is 0.353 e. The van der Waals surface area contributed by atoms with E-state index in [1.54, 1.807) is 11.3 Å². The van der Waals surface area contributed by atoms with Crippen LogP contribution in [0.4, 0.5) is 0 Å². The molecule has 0 bridgehead atoms. The lowest BCUT2D eigenvalue weighted by molar-refractivity contribution is -0.123. The minimum absolute atomic E-state index is 0.143. The highest BCUT2D eigenvalue weighted by Gasteiger charge is 2.52. The Labute approximate surface area is 158 Å². The fourth-order valence-corrected chi connectivity index (χ4v) is 4.81. The summed E-state index contributed by atoms with van der Waals surface area (Å²) in [6.07, 6.45) is 4.11. The van der Waals surface area contributed by atoms with Gasteiger partial charge < -0.3 is 14.8 Å². The number of hydrogen-bond donors (Lipinski definition) is 1. The molecule has 2 aromatic heterocycles. The normalized spacial score (nSPS) is 16.8. The summed E-state index contributed by atoms with van der Waals surface area (Å²) in [6, 6.07) is 12.7. The van der Waals surface area contributed by atoms with Gasteiger partial charge in [-0.3, -0.25) is 4.79 Å². The maximum absolute atomic E-state index is 12.9. The zero-order chi connectivity index (χ0) is 18.3. The Balaban J connectivity index is 1.56. The van der Waals surface area contributed by atoms with Crippen LogP contribution in [0.2, 0.25) is 0 Å². The number of carbonyl (C=O) groups excluding carboxylic acids is 1. The first-order chi connectivity index (χ1) is 12.5. The Morgan fingerprint density at radius 3 is 2.69 bits per heavy atom. The lowest BCUT2D eigenvalue weighted by atomic mass is 10.0. The third-order valence-corrected chi connectivity index (χ3v) is 6.62. The maximum Gasteiger partial charge on any atom is 0.231 e. The number of rotatable bonds is 6. The van der Waals surface area contributed by atoms with E-state index in [2.05, 4.69) is 77.8 Å². The standard InChI is InChI=1S/C21H25N3OS/c1-23(2)18(16-14-24(3)17-8-5-4-7-15(16)17)13-22-20(25)21(10-11-21)19-9-6-12-26-19/h4-9,12,14,18H,10-11,13H2,1-3H3,(H,22,25). The van der Waals surface area contributed by atoms with E-state index in [1.807, 2.05) is 6.07 Å². The van der Waals surface area contributed by atoms with Crippen LogP contribution in [-0.4, -0.2) is 36.0 Å². The van der Waals surface area contributed by atoms with Crippen LogP contribution >= 0.6 is 11.3 Å². The number of nitrogens with one attached hydrogen (secondary N) is 1. The van der Waals surface area contributed by atoms with Crippen molar-refractivity contribution in [2.45, 2.75) is 24.3 Å². The van der Waals surface area contributed by atoms with Crippen LogP contribution in [0.15, 0.2) is 48.0 Å². The van der Waals surface area contributed by atoms with Crippen molar-refractivity contribution in [3.63, 3.8) is 0 Å². The molecule has 0 saturated heterocycles. The van der Waals surface area contributed by atoms with Crippen molar-refractivity contribution in [1.82, 2.24) is 14.8 Å². The van der Waals surface area contributed by atoms with E-state index in [-0.39, 0.29) is 17.4 Å². The summed E-state index contributed by atoms with van der Waals surface area (Å²) in [5.41, 5.74) is 2.20. The predicted octanol–water partition coefficient (Wildman–Crippen LogP) is 3.69. The molecule has 1 aromatic carbocycles. The number of likely N-dealkylation sites (N-methyl/N-ethyl adjacent to an activating group) is 1. The Morgan fingerprint density at radius 2 is 2.04 bits per heavy atom. The number of benzene rings is 1. The number of carbonyl (C=O) groups is 1. The highest BCUT2D eigenvalue weighted by atomic mass is 32.1. The Morgan fingerprint density at radius 1 is 1.27 bits per heavy atom. The zero-order valence-electron chi connectivity index (χ0n) is 15.5. The van der Waals surface area contributed by atoms with Gasteiger partial charge >= 0.3 is 0 Å². The monoisotopic (exact) mass is 367 g/mol. The molecular weight excluding hydrogens is 342 g/mol. The van der Waals surface area contributed by atoms with Gasteiger partial charge in [-0.05, 0) is 50.0 Å². The van der Waals surface area contributed by atoms with E-state index < -0.39 is 0 Å². The van der Waals surface area contributed by atoms with Crippen LogP contribution in [0.25, 0.3) is 10.9 Å². The second kappa shape index (κ2) is 6.56. The van der Waals surface area contributed by atoms with E-state index in [4.69, 9.17) is 0 Å². The average molecular weight is 368 g/mol. The molecule has 1 amide bonds. The summed E-state index contributed by atoms with van der Waals surface area (Å²) in [6.45, 7) is 0.618. The molecule has 5 heteroatoms. The third kappa shape index (κ3) is 2.85. The van der Waals surface area contributed by atoms with E-state index in [0.29, 0.717) is 6.54 Å². The van der Waals surface area contributed by atoms with Crippen molar-refractivity contribution in [2.24, 2.45) is 7.05 Å². The highest BCUT2D eigenvalue weighted by molar-refractivity contribution is 7.10. The van der Waals surface area contributed by atoms with Crippen molar-refractivity contribution in [3.05, 3.63) is 58.4 Å². The van der Waals surface area contributed by atoms with Gasteiger partial charge in [-0.15, -0.1) is 11.3 Å². The smallest absolute Gasteiger partial charge is 0.231 e. The molecule has 26 heavy (non-hydrogen) atoms. The molecule has 4 rings (SSSR count). The first-order valence-corrected chi connectivity index (χ1v) is 9.93. The van der Waals surface area contributed by atoms with Crippen LogP contribution in [0, 0.1) is 0 Å². The number of fused-ring (bicyclic) bond motifs is 1. The van der Waals surface area contributed by atoms with E-state index in [0.717, 1.165) is 12.8 Å². The molecule has 1 saturated carbocycles. The molecule has 1 unspecified atom stereocenters. The quantitative estimate of drug-likeness (QED) is 0.721. The maximum atomic E-state index is 12.9.